The van der Waals surface area contributed by atoms with Gasteiger partial charge in [-0.2, -0.15) is 4.98 Å². The summed E-state index contributed by atoms with van der Waals surface area (Å²) in [5.41, 5.74) is 0.700. The molecule has 0 aliphatic rings. The van der Waals surface area contributed by atoms with E-state index in [-0.39, 0.29) is 18.3 Å². The van der Waals surface area contributed by atoms with Crippen molar-refractivity contribution in [2.75, 3.05) is 5.32 Å². The summed E-state index contributed by atoms with van der Waals surface area (Å²) >= 11 is 11.8. The molecule has 2 aromatic rings. The van der Waals surface area contributed by atoms with Crippen molar-refractivity contribution >= 4 is 35.1 Å². The number of halogens is 2. The molecule has 2 N–H and O–H groups in total. The topological polar surface area (TPSA) is 70.7 Å². The summed E-state index contributed by atoms with van der Waals surface area (Å²) in [5.74, 6) is 0.649. The SMILES string of the molecule is Cc1nc(NC(=O)Cc2ccc(Cl)cc2Cl)n[nH]1. The average molecular weight is 285 g/mol. The quantitative estimate of drug-likeness (QED) is 0.910. The van der Waals surface area contributed by atoms with Gasteiger partial charge in [-0.05, 0) is 24.6 Å². The van der Waals surface area contributed by atoms with Crippen molar-refractivity contribution in [3.8, 4) is 0 Å². The second kappa shape index (κ2) is 5.37. The molecule has 1 aromatic heterocycles. The number of carbonyl (C=O) groups is 1. The third-order valence-corrected chi connectivity index (χ3v) is 2.80. The lowest BCUT2D eigenvalue weighted by Crippen LogP contribution is -2.15. The van der Waals surface area contributed by atoms with Crippen LogP contribution in [-0.2, 0) is 11.2 Å². The van der Waals surface area contributed by atoms with E-state index in [0.717, 1.165) is 0 Å². The van der Waals surface area contributed by atoms with Crippen LogP contribution in [0.25, 0.3) is 0 Å². The Balaban J connectivity index is 2.03. The number of rotatable bonds is 3. The van der Waals surface area contributed by atoms with Crippen LogP contribution in [0.15, 0.2) is 18.2 Å². The van der Waals surface area contributed by atoms with Gasteiger partial charge >= 0.3 is 0 Å². The van der Waals surface area contributed by atoms with Gasteiger partial charge in [-0.15, -0.1) is 5.10 Å². The number of aromatic amines is 1. The predicted molar refractivity (Wildman–Crippen MR) is 69.9 cm³/mol. The Kier molecular flexibility index (Phi) is 3.84. The van der Waals surface area contributed by atoms with Gasteiger partial charge in [-0.25, -0.2) is 0 Å². The highest BCUT2D eigenvalue weighted by Gasteiger charge is 2.09. The van der Waals surface area contributed by atoms with Gasteiger partial charge in [0.1, 0.15) is 5.82 Å². The van der Waals surface area contributed by atoms with Crippen LogP contribution in [0, 0.1) is 6.92 Å². The molecule has 0 fully saturated rings. The van der Waals surface area contributed by atoms with E-state index in [1.165, 1.54) is 0 Å². The Hall–Kier alpha value is -1.59. The smallest absolute Gasteiger partial charge is 0.248 e. The van der Waals surface area contributed by atoms with E-state index >= 15 is 0 Å². The number of benzene rings is 1. The van der Waals surface area contributed by atoms with Crippen LogP contribution in [0.3, 0.4) is 0 Å². The first kappa shape index (κ1) is 12.9. The maximum Gasteiger partial charge on any atom is 0.248 e. The van der Waals surface area contributed by atoms with Crippen LogP contribution < -0.4 is 5.32 Å². The number of nitrogens with one attached hydrogen (secondary N) is 2. The van der Waals surface area contributed by atoms with Crippen LogP contribution >= 0.6 is 23.2 Å². The standard InChI is InChI=1S/C11H10Cl2N4O/c1-6-14-11(17-16-6)15-10(18)4-7-2-3-8(12)5-9(7)13/h2-3,5H,4H2,1H3,(H2,14,15,16,17,18). The number of amides is 1. The summed E-state index contributed by atoms with van der Waals surface area (Å²) in [4.78, 5) is 15.7. The zero-order valence-corrected chi connectivity index (χ0v) is 11.0. The second-order valence-corrected chi connectivity index (χ2v) is 4.55. The number of hydrogen-bond donors (Lipinski definition) is 2. The number of anilines is 1. The molecule has 0 spiro atoms. The molecule has 1 heterocycles. The highest BCUT2D eigenvalue weighted by Crippen LogP contribution is 2.21. The van der Waals surface area contributed by atoms with Gasteiger partial charge in [-0.1, -0.05) is 29.3 Å². The zero-order valence-electron chi connectivity index (χ0n) is 9.50. The van der Waals surface area contributed by atoms with Crippen molar-refractivity contribution in [3.63, 3.8) is 0 Å². The molecule has 0 radical (unpaired) electrons. The van der Waals surface area contributed by atoms with Gasteiger partial charge in [0.15, 0.2) is 0 Å². The van der Waals surface area contributed by atoms with Gasteiger partial charge in [-0.3, -0.25) is 15.2 Å². The average Bonchev–Trinajstić information content (AvgIpc) is 2.68. The largest absolute Gasteiger partial charge is 0.293 e. The van der Waals surface area contributed by atoms with Crippen LogP contribution in [0.2, 0.25) is 10.0 Å². The van der Waals surface area contributed by atoms with E-state index in [4.69, 9.17) is 23.2 Å². The van der Waals surface area contributed by atoms with Crippen molar-refractivity contribution < 1.29 is 4.79 Å². The van der Waals surface area contributed by atoms with Gasteiger partial charge in [0.25, 0.3) is 0 Å². The summed E-state index contributed by atoms with van der Waals surface area (Å²) in [6, 6.07) is 5.00. The number of hydrogen-bond acceptors (Lipinski definition) is 3. The minimum Gasteiger partial charge on any atom is -0.293 e. The van der Waals surface area contributed by atoms with Crippen molar-refractivity contribution in [1.82, 2.24) is 15.2 Å². The molecule has 1 amide bonds. The number of aryl methyl sites for hydroxylation is 1. The summed E-state index contributed by atoms with van der Waals surface area (Å²) in [6.07, 6.45) is 0.142. The second-order valence-electron chi connectivity index (χ2n) is 3.71. The van der Waals surface area contributed by atoms with Crippen LogP contribution in [0.4, 0.5) is 5.95 Å². The van der Waals surface area contributed by atoms with E-state index in [0.29, 0.717) is 21.4 Å². The molecule has 18 heavy (non-hydrogen) atoms. The van der Waals surface area contributed by atoms with Crippen LogP contribution in [0.5, 0.6) is 0 Å². The fourth-order valence-corrected chi connectivity index (χ4v) is 1.88. The summed E-state index contributed by atoms with van der Waals surface area (Å²) in [5, 5.41) is 10.0. The first-order chi connectivity index (χ1) is 8.54. The van der Waals surface area contributed by atoms with E-state index in [1.807, 2.05) is 0 Å². The molecule has 1 aromatic carbocycles. The lowest BCUT2D eigenvalue weighted by atomic mass is 10.1. The third kappa shape index (κ3) is 3.21. The van der Waals surface area contributed by atoms with Crippen LogP contribution in [0.1, 0.15) is 11.4 Å². The third-order valence-electron chi connectivity index (χ3n) is 2.21. The molecular formula is C11H10Cl2N4O. The highest BCUT2D eigenvalue weighted by molar-refractivity contribution is 6.35. The monoisotopic (exact) mass is 284 g/mol. The molecule has 5 nitrogen and oxygen atoms in total. The Morgan fingerprint density at radius 1 is 1.44 bits per heavy atom. The Labute approximate surface area is 114 Å². The Morgan fingerprint density at radius 3 is 2.83 bits per heavy atom. The fourth-order valence-electron chi connectivity index (χ4n) is 1.41. The molecule has 0 aliphatic carbocycles. The van der Waals surface area contributed by atoms with Crippen molar-refractivity contribution in [1.29, 1.82) is 0 Å². The molecular weight excluding hydrogens is 275 g/mol. The first-order valence-electron chi connectivity index (χ1n) is 5.17. The van der Waals surface area contributed by atoms with Gasteiger partial charge in [0.05, 0.1) is 6.42 Å². The normalized spacial score (nSPS) is 10.4. The summed E-state index contributed by atoms with van der Waals surface area (Å²) < 4.78 is 0. The van der Waals surface area contributed by atoms with E-state index < -0.39 is 0 Å². The highest BCUT2D eigenvalue weighted by atomic mass is 35.5. The molecule has 0 atom stereocenters. The molecule has 7 heteroatoms. The number of carbonyl (C=O) groups excluding carboxylic acids is 1. The zero-order chi connectivity index (χ0) is 13.1. The molecule has 2 rings (SSSR count). The Bertz CT molecular complexity index is 582. The molecule has 0 aliphatic heterocycles. The Morgan fingerprint density at radius 2 is 2.22 bits per heavy atom. The summed E-state index contributed by atoms with van der Waals surface area (Å²) in [7, 11) is 0. The maximum atomic E-state index is 11.7. The number of nitrogens with zero attached hydrogens (tertiary/aromatic N) is 2. The molecule has 0 bridgehead atoms. The lowest BCUT2D eigenvalue weighted by molar-refractivity contribution is -0.115. The summed E-state index contributed by atoms with van der Waals surface area (Å²) in [6.45, 7) is 1.75. The van der Waals surface area contributed by atoms with E-state index in [9.17, 15) is 4.79 Å². The van der Waals surface area contributed by atoms with Crippen molar-refractivity contribution in [2.24, 2.45) is 0 Å². The molecule has 0 unspecified atom stereocenters. The van der Waals surface area contributed by atoms with E-state index in [2.05, 4.69) is 20.5 Å². The van der Waals surface area contributed by atoms with Crippen molar-refractivity contribution in [2.45, 2.75) is 13.3 Å². The maximum absolute atomic E-state index is 11.7. The van der Waals surface area contributed by atoms with Gasteiger partial charge in [0.2, 0.25) is 11.9 Å². The van der Waals surface area contributed by atoms with E-state index in [1.54, 1.807) is 25.1 Å². The van der Waals surface area contributed by atoms with Crippen molar-refractivity contribution in [3.05, 3.63) is 39.6 Å². The van der Waals surface area contributed by atoms with Gasteiger partial charge < -0.3 is 0 Å². The number of aromatic nitrogens is 3. The predicted octanol–water partition coefficient (Wildman–Crippen LogP) is 2.60. The molecule has 94 valence electrons. The number of H-pyrrole nitrogens is 1. The van der Waals surface area contributed by atoms with Gasteiger partial charge in [0, 0.05) is 10.0 Å². The fraction of sp³-hybridized carbons (Fsp3) is 0.182. The molecule has 0 saturated carbocycles. The lowest BCUT2D eigenvalue weighted by Gasteiger charge is -2.04. The minimum absolute atomic E-state index is 0.142. The van der Waals surface area contributed by atoms with Crippen LogP contribution in [-0.4, -0.2) is 21.1 Å². The minimum atomic E-state index is -0.238. The first-order valence-corrected chi connectivity index (χ1v) is 5.93. The molecule has 0 saturated heterocycles.